The summed E-state index contributed by atoms with van der Waals surface area (Å²) in [5.74, 6) is -0.204. The third-order valence-electron chi connectivity index (χ3n) is 1.29. The second-order valence-corrected chi connectivity index (χ2v) is 3.71. The van der Waals surface area contributed by atoms with Crippen LogP contribution in [0.5, 0.6) is 0 Å². The lowest BCUT2D eigenvalue weighted by Gasteiger charge is -2.14. The molecule has 5 heteroatoms. The van der Waals surface area contributed by atoms with Crippen LogP contribution in [0.1, 0.15) is 6.92 Å². The Labute approximate surface area is 70.3 Å². The maximum atomic E-state index is 10.3. The highest BCUT2D eigenvalue weighted by molar-refractivity contribution is 8.00. The van der Waals surface area contributed by atoms with Crippen molar-refractivity contribution < 1.29 is 9.90 Å². The van der Waals surface area contributed by atoms with Crippen molar-refractivity contribution >= 4 is 17.7 Å². The number of carboxylic acid groups (broad SMARTS) is 1. The van der Waals surface area contributed by atoms with E-state index in [2.05, 4.69) is 0 Å². The quantitative estimate of drug-likeness (QED) is 0.527. The number of hydrogen-bond acceptors (Lipinski definition) is 4. The number of rotatable bonds is 5. The predicted molar refractivity (Wildman–Crippen MR) is 46.6 cm³/mol. The molecular weight excluding hydrogens is 164 g/mol. The Hall–Kier alpha value is -0.260. The lowest BCUT2D eigenvalue weighted by atomic mass is 10.2. The van der Waals surface area contributed by atoms with E-state index in [4.69, 9.17) is 16.6 Å². The Morgan fingerprint density at radius 1 is 1.73 bits per heavy atom. The molecule has 0 amide bonds. The molecule has 0 radical (unpaired) electrons. The molecule has 0 fully saturated rings. The monoisotopic (exact) mass is 178 g/mol. The molecule has 0 aromatic heterocycles. The van der Waals surface area contributed by atoms with Gasteiger partial charge in [0.1, 0.15) is 6.04 Å². The number of aliphatic carboxylic acids is 1. The van der Waals surface area contributed by atoms with Crippen LogP contribution in [0, 0.1) is 0 Å². The second-order valence-electron chi connectivity index (χ2n) is 2.23. The van der Waals surface area contributed by atoms with Crippen molar-refractivity contribution in [3.63, 3.8) is 0 Å². The highest BCUT2D eigenvalue weighted by Gasteiger charge is 2.19. The van der Waals surface area contributed by atoms with Gasteiger partial charge in [0.25, 0.3) is 0 Å². The van der Waals surface area contributed by atoms with Crippen molar-refractivity contribution in [1.29, 1.82) is 0 Å². The third kappa shape index (κ3) is 4.23. The first-order valence-electron chi connectivity index (χ1n) is 3.39. The highest BCUT2D eigenvalue weighted by atomic mass is 32.2. The molecule has 0 heterocycles. The van der Waals surface area contributed by atoms with E-state index in [0.717, 1.165) is 5.75 Å². The summed E-state index contributed by atoms with van der Waals surface area (Å²) < 4.78 is 0. The van der Waals surface area contributed by atoms with E-state index >= 15 is 0 Å². The fraction of sp³-hybridized carbons (Fsp3) is 0.833. The van der Waals surface area contributed by atoms with Crippen molar-refractivity contribution in [2.45, 2.75) is 18.2 Å². The Bertz CT molecular complexity index is 132. The third-order valence-corrected chi connectivity index (χ3v) is 2.58. The number of hydrogen-bond donors (Lipinski definition) is 3. The second kappa shape index (κ2) is 5.40. The van der Waals surface area contributed by atoms with Gasteiger partial charge in [0.15, 0.2) is 0 Å². The van der Waals surface area contributed by atoms with E-state index in [1.165, 1.54) is 11.8 Å². The minimum atomic E-state index is -0.956. The maximum Gasteiger partial charge on any atom is 0.321 e. The Morgan fingerprint density at radius 2 is 2.27 bits per heavy atom. The van der Waals surface area contributed by atoms with Gasteiger partial charge in [-0.15, -0.1) is 0 Å². The highest BCUT2D eigenvalue weighted by Crippen LogP contribution is 2.11. The lowest BCUT2D eigenvalue weighted by molar-refractivity contribution is -0.138. The van der Waals surface area contributed by atoms with Crippen LogP contribution in [0.25, 0.3) is 0 Å². The first-order valence-corrected chi connectivity index (χ1v) is 4.44. The number of nitrogens with two attached hydrogens (primary N) is 2. The van der Waals surface area contributed by atoms with Gasteiger partial charge >= 0.3 is 5.97 Å². The molecule has 0 aliphatic heterocycles. The topological polar surface area (TPSA) is 89.3 Å². The smallest absolute Gasteiger partial charge is 0.321 e. The SMILES string of the molecule is CC(SCCN)C(N)C(=O)O. The van der Waals surface area contributed by atoms with E-state index in [9.17, 15) is 4.79 Å². The molecule has 2 unspecified atom stereocenters. The molecule has 0 aliphatic rings. The zero-order valence-electron chi connectivity index (χ0n) is 6.49. The fourth-order valence-electron chi connectivity index (χ4n) is 0.558. The van der Waals surface area contributed by atoms with Crippen LogP contribution in [0.15, 0.2) is 0 Å². The molecule has 0 aliphatic carbocycles. The van der Waals surface area contributed by atoms with E-state index in [1.54, 1.807) is 6.92 Å². The van der Waals surface area contributed by atoms with Crippen LogP contribution in [-0.4, -0.2) is 34.7 Å². The molecule has 5 N–H and O–H groups in total. The number of thioether (sulfide) groups is 1. The molecule has 4 nitrogen and oxygen atoms in total. The minimum Gasteiger partial charge on any atom is -0.480 e. The van der Waals surface area contributed by atoms with Crippen molar-refractivity contribution in [2.24, 2.45) is 11.5 Å². The normalized spacial score (nSPS) is 15.9. The van der Waals surface area contributed by atoms with Gasteiger partial charge in [-0.05, 0) is 0 Å². The molecule has 0 saturated carbocycles. The van der Waals surface area contributed by atoms with Gasteiger partial charge in [-0.3, -0.25) is 4.79 Å². The van der Waals surface area contributed by atoms with Crippen LogP contribution in [0.3, 0.4) is 0 Å². The van der Waals surface area contributed by atoms with Gasteiger partial charge < -0.3 is 16.6 Å². The molecular formula is C6H14N2O2S. The fourth-order valence-corrected chi connectivity index (χ4v) is 1.39. The molecule has 0 aromatic rings. The largest absolute Gasteiger partial charge is 0.480 e. The van der Waals surface area contributed by atoms with E-state index in [0.29, 0.717) is 6.54 Å². The predicted octanol–water partition coefficient (Wildman–Crippen LogP) is -0.521. The Balaban J connectivity index is 3.63. The average Bonchev–Trinajstić information content (AvgIpc) is 1.98. The van der Waals surface area contributed by atoms with Crippen LogP contribution >= 0.6 is 11.8 Å². The first-order chi connectivity index (χ1) is 5.09. The zero-order valence-corrected chi connectivity index (χ0v) is 7.30. The van der Waals surface area contributed by atoms with Crippen molar-refractivity contribution in [2.75, 3.05) is 12.3 Å². The van der Waals surface area contributed by atoms with Crippen molar-refractivity contribution in [3.05, 3.63) is 0 Å². The van der Waals surface area contributed by atoms with E-state index in [1.807, 2.05) is 0 Å². The van der Waals surface area contributed by atoms with Crippen LogP contribution < -0.4 is 11.5 Å². The summed E-state index contributed by atoms with van der Waals surface area (Å²) >= 11 is 1.48. The summed E-state index contributed by atoms with van der Waals surface area (Å²) in [7, 11) is 0. The van der Waals surface area contributed by atoms with Gasteiger partial charge in [-0.1, -0.05) is 6.92 Å². The van der Waals surface area contributed by atoms with Crippen LogP contribution in [-0.2, 0) is 4.79 Å². The maximum absolute atomic E-state index is 10.3. The van der Waals surface area contributed by atoms with Gasteiger partial charge in [-0.2, -0.15) is 11.8 Å². The summed E-state index contributed by atoms with van der Waals surface area (Å²) in [4.78, 5) is 10.3. The molecule has 0 bridgehead atoms. The first kappa shape index (κ1) is 10.7. The Kier molecular flexibility index (Phi) is 5.27. The summed E-state index contributed by atoms with van der Waals surface area (Å²) in [5, 5.41) is 8.41. The lowest BCUT2D eigenvalue weighted by Crippen LogP contribution is -2.38. The molecule has 66 valence electrons. The van der Waals surface area contributed by atoms with E-state index in [-0.39, 0.29) is 5.25 Å². The van der Waals surface area contributed by atoms with Gasteiger partial charge in [-0.25, -0.2) is 0 Å². The van der Waals surface area contributed by atoms with Gasteiger partial charge in [0, 0.05) is 17.5 Å². The summed E-state index contributed by atoms with van der Waals surface area (Å²) in [6.45, 7) is 2.35. The molecule has 0 aromatic carbocycles. The zero-order chi connectivity index (χ0) is 8.85. The number of carbonyl (C=O) groups is 1. The van der Waals surface area contributed by atoms with Crippen LogP contribution in [0.2, 0.25) is 0 Å². The molecule has 11 heavy (non-hydrogen) atoms. The Morgan fingerprint density at radius 3 is 2.64 bits per heavy atom. The van der Waals surface area contributed by atoms with Gasteiger partial charge in [0.2, 0.25) is 0 Å². The molecule has 0 rings (SSSR count). The summed E-state index contributed by atoms with van der Waals surface area (Å²) in [6.07, 6.45) is 0. The van der Waals surface area contributed by atoms with Crippen molar-refractivity contribution in [1.82, 2.24) is 0 Å². The standard InChI is InChI=1S/C6H14N2O2S/c1-4(11-3-2-7)5(8)6(9)10/h4-5H,2-3,7-8H2,1H3,(H,9,10). The molecule has 0 saturated heterocycles. The molecule has 0 spiro atoms. The van der Waals surface area contributed by atoms with Gasteiger partial charge in [0.05, 0.1) is 0 Å². The summed E-state index contributed by atoms with van der Waals surface area (Å²) in [6, 6.07) is -0.786. The summed E-state index contributed by atoms with van der Waals surface area (Å²) in [5.41, 5.74) is 10.6. The molecule has 2 atom stereocenters. The average molecular weight is 178 g/mol. The van der Waals surface area contributed by atoms with Crippen LogP contribution in [0.4, 0.5) is 0 Å². The number of carboxylic acids is 1. The van der Waals surface area contributed by atoms with E-state index < -0.39 is 12.0 Å². The van der Waals surface area contributed by atoms with Crippen molar-refractivity contribution in [3.8, 4) is 0 Å². The minimum absolute atomic E-state index is 0.0731.